The van der Waals surface area contributed by atoms with E-state index >= 15 is 0 Å². The third-order valence-corrected chi connectivity index (χ3v) is 4.26. The molecular formula is C15H17F2N3O3. The van der Waals surface area contributed by atoms with Gasteiger partial charge in [0.2, 0.25) is 11.8 Å². The Morgan fingerprint density at radius 2 is 2.09 bits per heavy atom. The highest BCUT2D eigenvalue weighted by molar-refractivity contribution is 5.97. The molecule has 0 spiro atoms. The average molecular weight is 325 g/mol. The summed E-state index contributed by atoms with van der Waals surface area (Å²) in [5.41, 5.74) is 0.581. The molecular weight excluding hydrogens is 308 g/mol. The van der Waals surface area contributed by atoms with E-state index in [0.29, 0.717) is 25.1 Å². The van der Waals surface area contributed by atoms with Crippen molar-refractivity contribution in [2.75, 3.05) is 13.2 Å². The Hall–Kier alpha value is -2.06. The number of halogens is 2. The molecule has 6 nitrogen and oxygen atoms in total. The van der Waals surface area contributed by atoms with Crippen molar-refractivity contribution in [1.29, 1.82) is 0 Å². The van der Waals surface area contributed by atoms with Crippen LogP contribution in [0.2, 0.25) is 0 Å². The van der Waals surface area contributed by atoms with Crippen LogP contribution in [0.25, 0.3) is 0 Å². The van der Waals surface area contributed by atoms with Crippen molar-refractivity contribution in [3.63, 3.8) is 0 Å². The Morgan fingerprint density at radius 1 is 1.30 bits per heavy atom. The largest absolute Gasteiger partial charge is 0.394 e. The van der Waals surface area contributed by atoms with E-state index < -0.39 is 30.3 Å². The zero-order valence-corrected chi connectivity index (χ0v) is 12.3. The number of nitrogens with one attached hydrogen (secondary N) is 2. The molecule has 0 unspecified atom stereocenters. The maximum Gasteiger partial charge on any atom is 0.248 e. The van der Waals surface area contributed by atoms with Gasteiger partial charge in [-0.3, -0.25) is 9.59 Å². The van der Waals surface area contributed by atoms with Crippen LogP contribution >= 0.6 is 0 Å². The predicted molar refractivity (Wildman–Crippen MR) is 76.1 cm³/mol. The fourth-order valence-corrected chi connectivity index (χ4v) is 3.04. The number of carbonyl (C=O) groups excluding carboxylic acids is 2. The van der Waals surface area contributed by atoms with Crippen LogP contribution in [0.1, 0.15) is 12.0 Å². The Balaban J connectivity index is 1.62. The number of carbonyl (C=O) groups is 2. The van der Waals surface area contributed by atoms with Crippen LogP contribution in [0, 0.1) is 11.6 Å². The first-order valence-electron chi connectivity index (χ1n) is 7.38. The van der Waals surface area contributed by atoms with Crippen LogP contribution in [0.15, 0.2) is 18.2 Å². The number of hydrogen-bond donors (Lipinski definition) is 3. The molecule has 0 bridgehead atoms. The summed E-state index contributed by atoms with van der Waals surface area (Å²) < 4.78 is 26.1. The fraction of sp³-hybridized carbons (Fsp3) is 0.467. The SMILES string of the molecule is O=C1N[C@H](CO)C(=O)N2C[C@@H](NCc3ccc(F)c(F)c3)C[C@@H]12. The molecule has 0 aliphatic carbocycles. The van der Waals surface area contributed by atoms with Crippen LogP contribution in [0.5, 0.6) is 0 Å². The number of nitrogens with zero attached hydrogens (tertiary/aromatic N) is 1. The summed E-state index contributed by atoms with van der Waals surface area (Å²) in [4.78, 5) is 25.5. The molecule has 1 aromatic carbocycles. The Morgan fingerprint density at radius 3 is 2.78 bits per heavy atom. The summed E-state index contributed by atoms with van der Waals surface area (Å²) in [6.45, 7) is 0.222. The maximum absolute atomic E-state index is 13.2. The van der Waals surface area contributed by atoms with Crippen LogP contribution in [-0.2, 0) is 16.1 Å². The number of rotatable bonds is 4. The molecule has 3 rings (SSSR count). The van der Waals surface area contributed by atoms with Crippen molar-refractivity contribution in [3.8, 4) is 0 Å². The quantitative estimate of drug-likeness (QED) is 0.698. The van der Waals surface area contributed by atoms with Gasteiger partial charge in [0.1, 0.15) is 12.1 Å². The molecule has 2 aliphatic heterocycles. The second kappa shape index (κ2) is 6.21. The summed E-state index contributed by atoms with van der Waals surface area (Å²) in [6.07, 6.45) is 0.444. The van der Waals surface area contributed by atoms with Crippen LogP contribution < -0.4 is 10.6 Å². The Kier molecular flexibility index (Phi) is 4.27. The van der Waals surface area contributed by atoms with E-state index in [4.69, 9.17) is 5.11 Å². The van der Waals surface area contributed by atoms with Gasteiger partial charge in [0.25, 0.3) is 0 Å². The molecule has 2 aliphatic rings. The lowest BCUT2D eigenvalue weighted by atomic mass is 10.1. The molecule has 0 aromatic heterocycles. The molecule has 2 fully saturated rings. The summed E-state index contributed by atoms with van der Waals surface area (Å²) >= 11 is 0. The van der Waals surface area contributed by atoms with E-state index in [-0.39, 0.29) is 17.9 Å². The van der Waals surface area contributed by atoms with Gasteiger partial charge in [0.05, 0.1) is 6.61 Å². The van der Waals surface area contributed by atoms with Gasteiger partial charge in [0.15, 0.2) is 11.6 Å². The predicted octanol–water partition coefficient (Wildman–Crippen LogP) is -0.485. The number of fused-ring (bicyclic) bond motifs is 1. The van der Waals surface area contributed by atoms with E-state index in [1.165, 1.54) is 11.0 Å². The number of amides is 2. The van der Waals surface area contributed by atoms with E-state index in [9.17, 15) is 18.4 Å². The molecule has 3 atom stereocenters. The van der Waals surface area contributed by atoms with Gasteiger partial charge in [-0.15, -0.1) is 0 Å². The smallest absolute Gasteiger partial charge is 0.248 e. The highest BCUT2D eigenvalue weighted by Crippen LogP contribution is 2.23. The van der Waals surface area contributed by atoms with Crippen LogP contribution in [0.3, 0.4) is 0 Å². The first kappa shape index (κ1) is 15.8. The minimum atomic E-state index is -0.909. The summed E-state index contributed by atoms with van der Waals surface area (Å²) in [5, 5.41) is 14.8. The zero-order valence-electron chi connectivity index (χ0n) is 12.3. The van der Waals surface area contributed by atoms with Crippen LogP contribution in [-0.4, -0.2) is 53.1 Å². The summed E-state index contributed by atoms with van der Waals surface area (Å²) in [5.74, 6) is -2.38. The van der Waals surface area contributed by atoms with Gasteiger partial charge in [-0.05, 0) is 24.1 Å². The van der Waals surface area contributed by atoms with Gasteiger partial charge in [-0.2, -0.15) is 0 Å². The van der Waals surface area contributed by atoms with Crippen molar-refractivity contribution in [1.82, 2.24) is 15.5 Å². The van der Waals surface area contributed by atoms with Crippen LogP contribution in [0.4, 0.5) is 8.78 Å². The number of aliphatic hydroxyl groups excluding tert-OH is 1. The lowest BCUT2D eigenvalue weighted by Crippen LogP contribution is -2.62. The first-order valence-corrected chi connectivity index (χ1v) is 7.38. The molecule has 2 saturated heterocycles. The van der Waals surface area contributed by atoms with E-state index in [1.54, 1.807) is 0 Å². The van der Waals surface area contributed by atoms with Gasteiger partial charge in [0, 0.05) is 19.1 Å². The molecule has 8 heteroatoms. The first-order chi connectivity index (χ1) is 11.0. The zero-order chi connectivity index (χ0) is 16.6. The summed E-state index contributed by atoms with van der Waals surface area (Å²) in [6, 6.07) is 2.10. The molecule has 2 heterocycles. The van der Waals surface area contributed by atoms with Crippen molar-refractivity contribution in [2.24, 2.45) is 0 Å². The highest BCUT2D eigenvalue weighted by Gasteiger charge is 2.45. The number of hydrogen-bond acceptors (Lipinski definition) is 4. The number of aliphatic hydroxyl groups is 1. The third-order valence-electron chi connectivity index (χ3n) is 4.26. The summed E-state index contributed by atoms with van der Waals surface area (Å²) in [7, 11) is 0. The molecule has 1 aromatic rings. The van der Waals surface area contributed by atoms with Gasteiger partial charge in [-0.1, -0.05) is 6.07 Å². The fourth-order valence-electron chi connectivity index (χ4n) is 3.04. The molecule has 124 valence electrons. The van der Waals surface area contributed by atoms with Gasteiger partial charge < -0.3 is 20.6 Å². The second-order valence-corrected chi connectivity index (χ2v) is 5.81. The number of piperazine rings is 1. The Bertz CT molecular complexity index is 640. The third kappa shape index (κ3) is 3.04. The standard InChI is InChI=1S/C15H17F2N3O3/c16-10-2-1-8(3-11(10)17)5-18-9-4-13-14(22)19-12(7-21)15(23)20(13)6-9/h1-3,9,12-13,18,21H,4-7H2,(H,19,22)/t9-,12+,13-/m0/s1. The van der Waals surface area contributed by atoms with E-state index in [2.05, 4.69) is 10.6 Å². The monoisotopic (exact) mass is 325 g/mol. The van der Waals surface area contributed by atoms with E-state index in [0.717, 1.165) is 12.1 Å². The van der Waals surface area contributed by atoms with Crippen molar-refractivity contribution >= 4 is 11.8 Å². The Labute approximate surface area is 131 Å². The normalized spacial score (nSPS) is 27.1. The topological polar surface area (TPSA) is 81.7 Å². The molecule has 2 amide bonds. The maximum atomic E-state index is 13.2. The highest BCUT2D eigenvalue weighted by atomic mass is 19.2. The number of benzene rings is 1. The van der Waals surface area contributed by atoms with Crippen molar-refractivity contribution in [2.45, 2.75) is 31.1 Å². The lowest BCUT2D eigenvalue weighted by Gasteiger charge is -2.33. The molecule has 0 saturated carbocycles. The van der Waals surface area contributed by atoms with E-state index in [1.807, 2.05) is 0 Å². The van der Waals surface area contributed by atoms with Gasteiger partial charge in [-0.25, -0.2) is 8.78 Å². The van der Waals surface area contributed by atoms with Crippen molar-refractivity contribution < 1.29 is 23.5 Å². The average Bonchev–Trinajstić information content (AvgIpc) is 2.97. The minimum absolute atomic E-state index is 0.125. The van der Waals surface area contributed by atoms with Crippen molar-refractivity contribution in [3.05, 3.63) is 35.4 Å². The lowest BCUT2D eigenvalue weighted by molar-refractivity contribution is -0.148. The molecule has 23 heavy (non-hydrogen) atoms. The van der Waals surface area contributed by atoms with Gasteiger partial charge >= 0.3 is 0 Å². The second-order valence-electron chi connectivity index (χ2n) is 5.81. The molecule has 3 N–H and O–H groups in total. The minimum Gasteiger partial charge on any atom is -0.394 e. The molecule has 0 radical (unpaired) electrons.